The number of carbonyl (C=O) groups excluding carboxylic acids is 3. The van der Waals surface area contributed by atoms with Crippen molar-refractivity contribution in [3.8, 4) is 0 Å². The zero-order valence-electron chi connectivity index (χ0n) is 19.5. The Bertz CT molecular complexity index is 929. The fourth-order valence-electron chi connectivity index (χ4n) is 3.52. The second kappa shape index (κ2) is 14.0. The molecular weight excluding hydrogens is 477 g/mol. The average molecular weight is 508 g/mol. The topological polar surface area (TPSA) is 174 Å². The van der Waals surface area contributed by atoms with Gasteiger partial charge in [-0.3, -0.25) is 9.59 Å². The summed E-state index contributed by atoms with van der Waals surface area (Å²) in [5.41, 5.74) is -1.70. The zero-order chi connectivity index (χ0) is 24.6. The van der Waals surface area contributed by atoms with Crippen molar-refractivity contribution in [3.05, 3.63) is 35.9 Å². The van der Waals surface area contributed by atoms with Crippen LogP contribution in [-0.4, -0.2) is 60.0 Å². The summed E-state index contributed by atoms with van der Waals surface area (Å²) < 4.78 is 39.4. The predicted molar refractivity (Wildman–Crippen MR) is 116 cm³/mol. The van der Waals surface area contributed by atoms with Crippen LogP contribution in [0.5, 0.6) is 0 Å². The van der Waals surface area contributed by atoms with Gasteiger partial charge in [0.25, 0.3) is 0 Å². The summed E-state index contributed by atoms with van der Waals surface area (Å²) in [6, 6.07) is 6.27. The van der Waals surface area contributed by atoms with Crippen LogP contribution >= 0.6 is 0 Å². The van der Waals surface area contributed by atoms with E-state index < -0.39 is 45.6 Å². The maximum Gasteiger partial charge on any atom is 1.00 e. The van der Waals surface area contributed by atoms with Crippen LogP contribution in [0.15, 0.2) is 30.3 Å². The monoisotopic (exact) mass is 507 g/mol. The number of alkyl carbamates (subject to hydrolysis) is 1. The fraction of sp³-hybridized carbons (Fsp3) is 0.571. The molecule has 0 aliphatic carbocycles. The molecule has 1 aromatic rings. The van der Waals surface area contributed by atoms with Crippen molar-refractivity contribution in [3.63, 3.8) is 0 Å². The molecule has 0 bridgehead atoms. The minimum atomic E-state index is -5.17. The van der Waals surface area contributed by atoms with E-state index in [1.165, 1.54) is 0 Å². The molecule has 0 aromatic heterocycles. The predicted octanol–water partition coefficient (Wildman–Crippen LogP) is -2.79. The molecule has 1 aliphatic rings. The third-order valence-corrected chi connectivity index (χ3v) is 6.12. The summed E-state index contributed by atoms with van der Waals surface area (Å²) in [5, 5.41) is 17.4. The first-order valence-corrected chi connectivity index (χ1v) is 12.1. The Kier molecular flexibility index (Phi) is 12.5. The Morgan fingerprint density at radius 3 is 2.41 bits per heavy atom. The molecule has 1 aromatic carbocycles. The molecule has 3 unspecified atom stereocenters. The fourth-order valence-corrected chi connectivity index (χ4v) is 4.10. The maximum atomic E-state index is 12.9. The van der Waals surface area contributed by atoms with Crippen LogP contribution in [0.2, 0.25) is 0 Å². The molecule has 184 valence electrons. The molecule has 2 rings (SSSR count). The Morgan fingerprint density at radius 2 is 1.88 bits per heavy atom. The summed E-state index contributed by atoms with van der Waals surface area (Å²) in [6.45, 7) is 3.98. The molecule has 4 atom stereocenters. The van der Waals surface area contributed by atoms with Crippen LogP contribution in [0.1, 0.15) is 38.7 Å². The Labute approximate surface area is 221 Å². The van der Waals surface area contributed by atoms with Gasteiger partial charge >= 0.3 is 35.7 Å². The molecule has 0 spiro atoms. The molecule has 11 nitrogen and oxygen atoms in total. The van der Waals surface area contributed by atoms with E-state index in [9.17, 15) is 32.5 Å². The van der Waals surface area contributed by atoms with Gasteiger partial charge in [-0.2, -0.15) is 0 Å². The first-order chi connectivity index (χ1) is 15.5. The van der Waals surface area contributed by atoms with Crippen molar-refractivity contribution in [1.29, 1.82) is 0 Å². The first kappa shape index (κ1) is 30.3. The van der Waals surface area contributed by atoms with Crippen LogP contribution in [0.25, 0.3) is 0 Å². The molecule has 34 heavy (non-hydrogen) atoms. The smallest absolute Gasteiger partial charge is 0.746 e. The molecule has 1 saturated heterocycles. The third-order valence-electron chi connectivity index (χ3n) is 5.20. The van der Waals surface area contributed by atoms with E-state index >= 15 is 0 Å². The normalized spacial score (nSPS) is 18.3. The van der Waals surface area contributed by atoms with E-state index in [4.69, 9.17) is 4.74 Å². The largest absolute Gasteiger partial charge is 1.00 e. The molecule has 4 N–H and O–H groups in total. The van der Waals surface area contributed by atoms with E-state index in [2.05, 4.69) is 16.0 Å². The number of rotatable bonds is 11. The minimum Gasteiger partial charge on any atom is -0.746 e. The standard InChI is InChI=1S/C21H31N3O8S.Na/c1-13(2)10-16(24-21(28)32-12-14-6-4-3-5-7-14)19(26)23-17(20(27)33(29,30)31)11-15-8-9-22-18(15)25;/h3-7,13,15-17,20,27H,8-12H2,1-2H3,(H,22,25)(H,23,26)(H,24,28)(H,29,30,31);/q;+1/p-1/t15?,16?,17-,20?;/m0./s1. The van der Waals surface area contributed by atoms with Gasteiger partial charge in [-0.1, -0.05) is 44.2 Å². The molecule has 13 heteroatoms. The van der Waals surface area contributed by atoms with E-state index in [0.29, 0.717) is 13.0 Å². The third kappa shape index (κ3) is 9.88. The van der Waals surface area contributed by atoms with Gasteiger partial charge in [-0.05, 0) is 30.7 Å². The maximum absolute atomic E-state index is 12.9. The Morgan fingerprint density at radius 1 is 1.24 bits per heavy atom. The molecule has 0 radical (unpaired) electrons. The first-order valence-electron chi connectivity index (χ1n) is 10.7. The van der Waals surface area contributed by atoms with E-state index in [1.54, 1.807) is 24.3 Å². The van der Waals surface area contributed by atoms with Crippen molar-refractivity contribution >= 4 is 28.0 Å². The number of amides is 3. The molecular formula is C21H30N3NaO8S. The van der Waals surface area contributed by atoms with E-state index in [-0.39, 0.29) is 60.8 Å². The SMILES string of the molecule is CC(C)CC(NC(=O)OCc1ccccc1)C(=O)N[C@@H](CC1CCNC1=O)C(O)S(=O)(=O)[O-].[Na+]. The summed E-state index contributed by atoms with van der Waals surface area (Å²) >= 11 is 0. The van der Waals surface area contributed by atoms with Crippen LogP contribution in [0.4, 0.5) is 4.79 Å². The molecule has 1 aliphatic heterocycles. The molecule has 1 fully saturated rings. The van der Waals surface area contributed by atoms with Crippen molar-refractivity contribution in [2.45, 2.75) is 57.2 Å². The zero-order valence-corrected chi connectivity index (χ0v) is 22.3. The van der Waals surface area contributed by atoms with Gasteiger partial charge in [0, 0.05) is 12.5 Å². The number of ether oxygens (including phenoxy) is 1. The van der Waals surface area contributed by atoms with E-state index in [1.807, 2.05) is 19.9 Å². The van der Waals surface area contributed by atoms with Crippen LogP contribution < -0.4 is 45.5 Å². The minimum absolute atomic E-state index is 0. The molecule has 1 heterocycles. The molecule has 3 amide bonds. The van der Waals surface area contributed by atoms with Crippen LogP contribution in [0, 0.1) is 11.8 Å². The van der Waals surface area contributed by atoms with Crippen molar-refractivity contribution in [2.24, 2.45) is 11.8 Å². The van der Waals surface area contributed by atoms with Crippen molar-refractivity contribution in [2.75, 3.05) is 6.54 Å². The van der Waals surface area contributed by atoms with Crippen molar-refractivity contribution in [1.82, 2.24) is 16.0 Å². The number of hydrogen-bond acceptors (Lipinski definition) is 8. The number of carbonyl (C=O) groups is 3. The number of aliphatic hydroxyl groups is 1. The number of benzene rings is 1. The van der Waals surface area contributed by atoms with Crippen molar-refractivity contribution < 1.29 is 66.8 Å². The summed E-state index contributed by atoms with van der Waals surface area (Å²) in [4.78, 5) is 37.0. The number of hydrogen-bond donors (Lipinski definition) is 4. The van der Waals surface area contributed by atoms with Gasteiger partial charge in [0.05, 0.1) is 6.04 Å². The number of nitrogens with one attached hydrogen (secondary N) is 3. The van der Waals surface area contributed by atoms with Crippen LogP contribution in [-0.2, 0) is 31.1 Å². The van der Waals surface area contributed by atoms with Gasteiger partial charge in [-0.25, -0.2) is 13.2 Å². The average Bonchev–Trinajstić information content (AvgIpc) is 3.14. The van der Waals surface area contributed by atoms with Gasteiger partial charge in [0.1, 0.15) is 22.8 Å². The Balaban J connectivity index is 0.00000578. The van der Waals surface area contributed by atoms with Gasteiger partial charge in [0.2, 0.25) is 11.8 Å². The van der Waals surface area contributed by atoms with Gasteiger partial charge in [0.15, 0.2) is 5.44 Å². The van der Waals surface area contributed by atoms with Gasteiger partial charge < -0.3 is 30.3 Å². The second-order valence-electron chi connectivity index (χ2n) is 8.40. The molecule has 0 saturated carbocycles. The van der Waals surface area contributed by atoms with Crippen LogP contribution in [0.3, 0.4) is 0 Å². The van der Waals surface area contributed by atoms with E-state index in [0.717, 1.165) is 5.56 Å². The summed E-state index contributed by atoms with van der Waals surface area (Å²) in [5.74, 6) is -1.86. The summed E-state index contributed by atoms with van der Waals surface area (Å²) in [6.07, 6.45) is -0.546. The van der Waals surface area contributed by atoms with Gasteiger partial charge in [-0.15, -0.1) is 0 Å². The summed E-state index contributed by atoms with van der Waals surface area (Å²) in [7, 11) is -5.17. The quantitative estimate of drug-likeness (QED) is 0.184. The second-order valence-corrected chi connectivity index (χ2v) is 9.87. The Hall–Kier alpha value is -1.70. The number of aliphatic hydroxyl groups excluding tert-OH is 1.